The van der Waals surface area contributed by atoms with E-state index in [1.54, 1.807) is 11.3 Å². The highest BCUT2D eigenvalue weighted by molar-refractivity contribution is 7.10. The SMILES string of the molecule is CC(NCC(O)COc1ccc2c(c1)CCC2)c1cccs1. The topological polar surface area (TPSA) is 41.5 Å². The average Bonchev–Trinajstić information content (AvgIpc) is 3.20. The van der Waals surface area contributed by atoms with Crippen molar-refractivity contribution >= 4 is 11.3 Å². The van der Waals surface area contributed by atoms with Gasteiger partial charge in [-0.3, -0.25) is 0 Å². The van der Waals surface area contributed by atoms with E-state index in [2.05, 4.69) is 35.8 Å². The van der Waals surface area contributed by atoms with Crippen LogP contribution in [0.3, 0.4) is 0 Å². The summed E-state index contributed by atoms with van der Waals surface area (Å²) in [7, 11) is 0. The first-order chi connectivity index (χ1) is 10.7. The van der Waals surface area contributed by atoms with Crippen LogP contribution in [0.25, 0.3) is 0 Å². The third-order valence-corrected chi connectivity index (χ3v) is 5.20. The molecule has 1 aromatic heterocycles. The molecular formula is C18H23NO2S. The molecule has 1 aliphatic rings. The van der Waals surface area contributed by atoms with Crippen molar-refractivity contribution in [2.45, 2.75) is 38.3 Å². The second-order valence-corrected chi connectivity index (χ2v) is 6.87. The van der Waals surface area contributed by atoms with Crippen molar-refractivity contribution in [3.8, 4) is 5.75 Å². The molecule has 0 radical (unpaired) electrons. The van der Waals surface area contributed by atoms with E-state index in [-0.39, 0.29) is 6.04 Å². The van der Waals surface area contributed by atoms with Crippen LogP contribution in [0.15, 0.2) is 35.7 Å². The molecule has 0 bridgehead atoms. The molecule has 2 aromatic rings. The minimum Gasteiger partial charge on any atom is -0.491 e. The fraction of sp³-hybridized carbons (Fsp3) is 0.444. The maximum Gasteiger partial charge on any atom is 0.119 e. The largest absolute Gasteiger partial charge is 0.491 e. The van der Waals surface area contributed by atoms with E-state index >= 15 is 0 Å². The summed E-state index contributed by atoms with van der Waals surface area (Å²) in [5, 5.41) is 15.5. The molecule has 1 heterocycles. The molecule has 0 fully saturated rings. The molecule has 1 aliphatic carbocycles. The van der Waals surface area contributed by atoms with Crippen LogP contribution >= 0.6 is 11.3 Å². The van der Waals surface area contributed by atoms with Crippen LogP contribution in [0.5, 0.6) is 5.75 Å². The minimum absolute atomic E-state index is 0.259. The summed E-state index contributed by atoms with van der Waals surface area (Å²) in [6.07, 6.45) is 3.07. The fourth-order valence-corrected chi connectivity index (χ4v) is 3.60. The highest BCUT2D eigenvalue weighted by Crippen LogP contribution is 2.26. The monoisotopic (exact) mass is 317 g/mol. The van der Waals surface area contributed by atoms with Crippen LogP contribution in [0.4, 0.5) is 0 Å². The van der Waals surface area contributed by atoms with Gasteiger partial charge in [0.25, 0.3) is 0 Å². The van der Waals surface area contributed by atoms with Crippen molar-refractivity contribution < 1.29 is 9.84 Å². The van der Waals surface area contributed by atoms with Crippen molar-refractivity contribution in [2.75, 3.05) is 13.2 Å². The fourth-order valence-electron chi connectivity index (χ4n) is 2.84. The minimum atomic E-state index is -0.504. The number of rotatable bonds is 7. The van der Waals surface area contributed by atoms with Gasteiger partial charge >= 0.3 is 0 Å². The Kier molecular flexibility index (Phi) is 5.13. The van der Waals surface area contributed by atoms with Crippen molar-refractivity contribution in [2.24, 2.45) is 0 Å². The third-order valence-electron chi connectivity index (χ3n) is 4.14. The van der Waals surface area contributed by atoms with E-state index < -0.39 is 6.10 Å². The number of fused-ring (bicyclic) bond motifs is 1. The average molecular weight is 317 g/mol. The number of aliphatic hydroxyl groups is 1. The summed E-state index contributed by atoms with van der Waals surface area (Å²) in [6.45, 7) is 2.97. The van der Waals surface area contributed by atoms with Crippen LogP contribution in [0, 0.1) is 0 Å². The summed E-state index contributed by atoms with van der Waals surface area (Å²) < 4.78 is 5.73. The molecule has 22 heavy (non-hydrogen) atoms. The van der Waals surface area contributed by atoms with Gasteiger partial charge < -0.3 is 15.2 Å². The highest BCUT2D eigenvalue weighted by atomic mass is 32.1. The summed E-state index contributed by atoms with van der Waals surface area (Å²) in [6, 6.07) is 10.7. The van der Waals surface area contributed by atoms with Crippen molar-refractivity contribution in [3.63, 3.8) is 0 Å². The Labute approximate surface area is 136 Å². The number of benzene rings is 1. The van der Waals surface area contributed by atoms with Gasteiger partial charge in [-0.1, -0.05) is 12.1 Å². The molecule has 2 atom stereocenters. The van der Waals surface area contributed by atoms with Gasteiger partial charge in [0.1, 0.15) is 18.5 Å². The van der Waals surface area contributed by atoms with Gasteiger partial charge in [-0.15, -0.1) is 11.3 Å². The molecule has 0 saturated carbocycles. The van der Waals surface area contributed by atoms with E-state index in [4.69, 9.17) is 4.74 Å². The smallest absolute Gasteiger partial charge is 0.119 e. The molecule has 0 saturated heterocycles. The van der Waals surface area contributed by atoms with E-state index in [1.807, 2.05) is 12.1 Å². The Morgan fingerprint density at radius 2 is 2.14 bits per heavy atom. The number of aliphatic hydroxyl groups excluding tert-OH is 1. The molecule has 2 N–H and O–H groups in total. The summed E-state index contributed by atoms with van der Waals surface area (Å²) in [4.78, 5) is 1.28. The van der Waals surface area contributed by atoms with E-state index in [0.29, 0.717) is 13.2 Å². The Hall–Kier alpha value is -1.36. The first kappa shape index (κ1) is 15.5. The Balaban J connectivity index is 1.43. The molecule has 3 nitrogen and oxygen atoms in total. The van der Waals surface area contributed by atoms with Crippen LogP contribution in [0.2, 0.25) is 0 Å². The lowest BCUT2D eigenvalue weighted by molar-refractivity contribution is 0.104. The van der Waals surface area contributed by atoms with Crippen molar-refractivity contribution in [3.05, 3.63) is 51.7 Å². The molecule has 3 rings (SSSR count). The van der Waals surface area contributed by atoms with E-state index in [1.165, 1.54) is 28.8 Å². The van der Waals surface area contributed by atoms with E-state index in [9.17, 15) is 5.11 Å². The summed E-state index contributed by atoms with van der Waals surface area (Å²) in [5.41, 5.74) is 2.84. The van der Waals surface area contributed by atoms with Gasteiger partial charge in [-0.2, -0.15) is 0 Å². The molecule has 0 aliphatic heterocycles. The van der Waals surface area contributed by atoms with Crippen LogP contribution in [0.1, 0.15) is 35.4 Å². The quantitative estimate of drug-likeness (QED) is 0.823. The number of hydrogen-bond acceptors (Lipinski definition) is 4. The second kappa shape index (κ2) is 7.27. The van der Waals surface area contributed by atoms with Gasteiger partial charge in [-0.05, 0) is 60.9 Å². The molecule has 0 spiro atoms. The van der Waals surface area contributed by atoms with E-state index in [0.717, 1.165) is 12.2 Å². The van der Waals surface area contributed by atoms with Gasteiger partial charge in [0.2, 0.25) is 0 Å². The highest BCUT2D eigenvalue weighted by Gasteiger charge is 2.13. The van der Waals surface area contributed by atoms with Crippen LogP contribution < -0.4 is 10.1 Å². The van der Waals surface area contributed by atoms with Crippen molar-refractivity contribution in [1.82, 2.24) is 5.32 Å². The number of nitrogens with one attached hydrogen (secondary N) is 1. The standard InChI is InChI=1S/C18H23NO2S/c1-13(18-6-3-9-22-18)19-11-16(20)12-21-17-8-7-14-4-2-5-15(14)10-17/h3,6-10,13,16,19-20H,2,4-5,11-12H2,1H3. The number of ether oxygens (including phenoxy) is 1. The lowest BCUT2D eigenvalue weighted by atomic mass is 10.1. The second-order valence-electron chi connectivity index (χ2n) is 5.89. The third kappa shape index (κ3) is 3.88. The maximum atomic E-state index is 10.1. The predicted octanol–water partition coefficient (Wildman–Crippen LogP) is 3.33. The number of aryl methyl sites for hydroxylation is 2. The number of hydrogen-bond donors (Lipinski definition) is 2. The van der Waals surface area contributed by atoms with Crippen LogP contribution in [-0.4, -0.2) is 24.4 Å². The molecule has 2 unspecified atom stereocenters. The van der Waals surface area contributed by atoms with Gasteiger partial charge in [0.05, 0.1) is 0 Å². The summed E-state index contributed by atoms with van der Waals surface area (Å²) >= 11 is 1.73. The molecule has 1 aromatic carbocycles. The number of thiophene rings is 1. The Morgan fingerprint density at radius 1 is 1.27 bits per heavy atom. The van der Waals surface area contributed by atoms with Gasteiger partial charge in [-0.25, -0.2) is 0 Å². The lowest BCUT2D eigenvalue weighted by Gasteiger charge is -2.17. The first-order valence-corrected chi connectivity index (χ1v) is 8.80. The summed E-state index contributed by atoms with van der Waals surface area (Å²) in [5.74, 6) is 0.867. The van der Waals surface area contributed by atoms with Crippen LogP contribution in [-0.2, 0) is 12.8 Å². The molecule has 4 heteroatoms. The van der Waals surface area contributed by atoms with Gasteiger partial charge in [0, 0.05) is 17.5 Å². The molecule has 0 amide bonds. The predicted molar refractivity (Wildman–Crippen MR) is 90.7 cm³/mol. The molecule has 118 valence electrons. The Morgan fingerprint density at radius 3 is 2.95 bits per heavy atom. The zero-order valence-corrected chi connectivity index (χ0v) is 13.7. The zero-order chi connectivity index (χ0) is 15.4. The Bertz CT molecular complexity index is 597. The normalized spacial score (nSPS) is 16.3. The maximum absolute atomic E-state index is 10.1. The first-order valence-electron chi connectivity index (χ1n) is 7.92. The van der Waals surface area contributed by atoms with Crippen molar-refractivity contribution in [1.29, 1.82) is 0 Å². The molecular weight excluding hydrogens is 294 g/mol. The zero-order valence-electron chi connectivity index (χ0n) is 12.9. The van der Waals surface area contributed by atoms with Gasteiger partial charge in [0.15, 0.2) is 0 Å². The lowest BCUT2D eigenvalue weighted by Crippen LogP contribution is -2.32.